The predicted octanol–water partition coefficient (Wildman–Crippen LogP) is 2.60. The number of aromatic nitrogens is 3. The summed E-state index contributed by atoms with van der Waals surface area (Å²) in [6, 6.07) is 0. The number of hydrogen-bond acceptors (Lipinski definition) is 5. The van der Waals surface area contributed by atoms with E-state index in [1.165, 1.54) is 0 Å². The molecule has 1 aromatic heterocycles. The number of thioether (sulfide) groups is 1. The molecule has 1 fully saturated rings. The number of aryl methyl sites for hydroxylation is 1. The van der Waals surface area contributed by atoms with E-state index in [2.05, 4.69) is 15.2 Å². The third kappa shape index (κ3) is 4.40. The van der Waals surface area contributed by atoms with Crippen molar-refractivity contribution in [3.8, 4) is 0 Å². The molecule has 2 heterocycles. The summed E-state index contributed by atoms with van der Waals surface area (Å²) in [5.41, 5.74) is -0.431. The third-order valence-corrected chi connectivity index (χ3v) is 4.14. The van der Waals surface area contributed by atoms with Crippen LogP contribution in [0.2, 0.25) is 0 Å². The van der Waals surface area contributed by atoms with Crippen molar-refractivity contribution >= 4 is 17.9 Å². The molecule has 0 spiro atoms. The fraction of sp³-hybridized carbons (Fsp3) is 0.769. The van der Waals surface area contributed by atoms with Gasteiger partial charge in [-0.2, -0.15) is 0 Å². The highest BCUT2D eigenvalue weighted by Crippen LogP contribution is 2.28. The molecule has 1 N–H and O–H groups in total. The molecular formula is C13H22N4O2S. The Labute approximate surface area is 123 Å². The summed E-state index contributed by atoms with van der Waals surface area (Å²) < 4.78 is 5.38. The van der Waals surface area contributed by atoms with E-state index < -0.39 is 5.60 Å². The lowest BCUT2D eigenvalue weighted by molar-refractivity contribution is 0.0219. The summed E-state index contributed by atoms with van der Waals surface area (Å²) in [6.45, 7) is 9.02. The second-order valence-electron chi connectivity index (χ2n) is 5.99. The van der Waals surface area contributed by atoms with E-state index in [0.29, 0.717) is 5.25 Å². The van der Waals surface area contributed by atoms with Gasteiger partial charge in [0.05, 0.1) is 0 Å². The summed E-state index contributed by atoms with van der Waals surface area (Å²) in [7, 11) is 0. The van der Waals surface area contributed by atoms with Crippen LogP contribution in [0.15, 0.2) is 5.16 Å². The number of ether oxygens (including phenoxy) is 1. The maximum atomic E-state index is 11.9. The van der Waals surface area contributed by atoms with Gasteiger partial charge >= 0.3 is 6.09 Å². The quantitative estimate of drug-likeness (QED) is 0.908. The molecule has 0 atom stereocenters. The molecule has 0 aromatic carbocycles. The van der Waals surface area contributed by atoms with Gasteiger partial charge in [-0.25, -0.2) is 9.78 Å². The molecule has 0 saturated carbocycles. The molecule has 6 nitrogen and oxygen atoms in total. The first-order valence-electron chi connectivity index (χ1n) is 6.87. The van der Waals surface area contributed by atoms with Gasteiger partial charge in [-0.3, -0.25) is 5.10 Å². The Morgan fingerprint density at radius 3 is 2.55 bits per heavy atom. The van der Waals surface area contributed by atoms with Gasteiger partial charge in [0.2, 0.25) is 5.16 Å². The largest absolute Gasteiger partial charge is 0.444 e. The van der Waals surface area contributed by atoms with Crippen molar-refractivity contribution < 1.29 is 9.53 Å². The maximum Gasteiger partial charge on any atom is 0.410 e. The minimum absolute atomic E-state index is 0.213. The highest BCUT2D eigenvalue weighted by molar-refractivity contribution is 7.99. The molecule has 20 heavy (non-hydrogen) atoms. The van der Waals surface area contributed by atoms with Crippen LogP contribution in [0.5, 0.6) is 0 Å². The van der Waals surface area contributed by atoms with E-state index in [0.717, 1.165) is 36.9 Å². The number of carbonyl (C=O) groups is 1. The number of rotatable bonds is 2. The predicted molar refractivity (Wildman–Crippen MR) is 77.8 cm³/mol. The van der Waals surface area contributed by atoms with Crippen LogP contribution < -0.4 is 0 Å². The van der Waals surface area contributed by atoms with E-state index in [1.54, 1.807) is 16.7 Å². The van der Waals surface area contributed by atoms with Gasteiger partial charge < -0.3 is 9.64 Å². The van der Waals surface area contributed by atoms with Gasteiger partial charge in [0, 0.05) is 18.3 Å². The maximum absolute atomic E-state index is 11.9. The zero-order chi connectivity index (χ0) is 14.8. The molecule has 1 aliphatic rings. The Hall–Kier alpha value is -1.24. The molecule has 2 rings (SSSR count). The highest BCUT2D eigenvalue weighted by atomic mass is 32.2. The molecule has 7 heteroatoms. The summed E-state index contributed by atoms with van der Waals surface area (Å²) in [4.78, 5) is 18.0. The first-order chi connectivity index (χ1) is 9.33. The van der Waals surface area contributed by atoms with Gasteiger partial charge in [-0.05, 0) is 40.5 Å². The van der Waals surface area contributed by atoms with Crippen LogP contribution in [0.3, 0.4) is 0 Å². The van der Waals surface area contributed by atoms with Crippen molar-refractivity contribution in [1.29, 1.82) is 0 Å². The van der Waals surface area contributed by atoms with Crippen LogP contribution >= 0.6 is 11.8 Å². The Balaban J connectivity index is 1.79. The minimum atomic E-state index is -0.431. The summed E-state index contributed by atoms with van der Waals surface area (Å²) >= 11 is 1.68. The molecule has 1 aromatic rings. The van der Waals surface area contributed by atoms with Crippen LogP contribution in [0.25, 0.3) is 0 Å². The van der Waals surface area contributed by atoms with E-state index in [-0.39, 0.29) is 6.09 Å². The number of aromatic amines is 1. The Morgan fingerprint density at radius 2 is 2.05 bits per heavy atom. The van der Waals surface area contributed by atoms with E-state index in [9.17, 15) is 4.79 Å². The van der Waals surface area contributed by atoms with Crippen molar-refractivity contribution in [3.63, 3.8) is 0 Å². The SMILES string of the molecule is Cc1nc(SC2CCN(C(=O)OC(C)(C)C)CC2)n[nH]1. The fourth-order valence-corrected chi connectivity index (χ4v) is 3.04. The van der Waals surface area contributed by atoms with Crippen molar-refractivity contribution in [2.75, 3.05) is 13.1 Å². The molecule has 1 aliphatic heterocycles. The van der Waals surface area contributed by atoms with Crippen LogP contribution in [-0.2, 0) is 4.74 Å². The zero-order valence-electron chi connectivity index (χ0n) is 12.5. The fourth-order valence-electron chi connectivity index (χ4n) is 2.01. The highest BCUT2D eigenvalue weighted by Gasteiger charge is 2.27. The van der Waals surface area contributed by atoms with Crippen LogP contribution in [0.1, 0.15) is 39.4 Å². The first-order valence-corrected chi connectivity index (χ1v) is 7.75. The average Bonchev–Trinajstić information content (AvgIpc) is 2.73. The Bertz CT molecular complexity index is 461. The number of H-pyrrole nitrogens is 1. The van der Waals surface area contributed by atoms with Gasteiger partial charge in [-0.1, -0.05) is 11.8 Å². The smallest absolute Gasteiger partial charge is 0.410 e. The monoisotopic (exact) mass is 298 g/mol. The summed E-state index contributed by atoms with van der Waals surface area (Å²) in [5, 5.41) is 8.23. The van der Waals surface area contributed by atoms with E-state index >= 15 is 0 Å². The number of hydrogen-bond donors (Lipinski definition) is 1. The van der Waals surface area contributed by atoms with Crippen molar-refractivity contribution in [3.05, 3.63) is 5.82 Å². The van der Waals surface area contributed by atoms with Crippen molar-refractivity contribution in [2.24, 2.45) is 0 Å². The summed E-state index contributed by atoms with van der Waals surface area (Å²) in [5.74, 6) is 0.832. The molecule has 1 amide bonds. The third-order valence-electron chi connectivity index (χ3n) is 2.94. The number of nitrogens with zero attached hydrogens (tertiary/aromatic N) is 3. The minimum Gasteiger partial charge on any atom is -0.444 e. The summed E-state index contributed by atoms with van der Waals surface area (Å²) in [6.07, 6.45) is 1.67. The molecule has 0 unspecified atom stereocenters. The Morgan fingerprint density at radius 1 is 1.40 bits per heavy atom. The molecular weight excluding hydrogens is 276 g/mol. The van der Waals surface area contributed by atoms with Gasteiger partial charge in [0.25, 0.3) is 0 Å². The lowest BCUT2D eigenvalue weighted by Gasteiger charge is -2.32. The first kappa shape index (κ1) is 15.2. The standard InChI is InChI=1S/C13H22N4O2S/c1-9-14-11(16-15-9)20-10-5-7-17(8-6-10)12(18)19-13(2,3)4/h10H,5-8H2,1-4H3,(H,14,15,16). The average molecular weight is 298 g/mol. The van der Waals surface area contributed by atoms with Crippen LogP contribution in [-0.4, -0.2) is 50.1 Å². The zero-order valence-corrected chi connectivity index (χ0v) is 13.3. The topological polar surface area (TPSA) is 71.1 Å². The van der Waals surface area contributed by atoms with Gasteiger partial charge in [0.1, 0.15) is 11.4 Å². The van der Waals surface area contributed by atoms with Crippen molar-refractivity contribution in [1.82, 2.24) is 20.1 Å². The van der Waals surface area contributed by atoms with E-state index in [1.807, 2.05) is 27.7 Å². The molecule has 0 radical (unpaired) electrons. The lowest BCUT2D eigenvalue weighted by atomic mass is 10.1. The van der Waals surface area contributed by atoms with Gasteiger partial charge in [-0.15, -0.1) is 5.10 Å². The molecule has 112 valence electrons. The number of carbonyl (C=O) groups excluding carboxylic acids is 1. The van der Waals surface area contributed by atoms with Crippen LogP contribution in [0.4, 0.5) is 4.79 Å². The number of likely N-dealkylation sites (tertiary alicyclic amines) is 1. The van der Waals surface area contributed by atoms with Gasteiger partial charge in [0.15, 0.2) is 0 Å². The number of amides is 1. The number of nitrogens with one attached hydrogen (secondary N) is 1. The molecule has 1 saturated heterocycles. The Kier molecular flexibility index (Phi) is 4.57. The van der Waals surface area contributed by atoms with Crippen LogP contribution in [0, 0.1) is 6.92 Å². The molecule has 0 aliphatic carbocycles. The number of piperidine rings is 1. The van der Waals surface area contributed by atoms with Crippen molar-refractivity contribution in [2.45, 2.75) is 56.5 Å². The second kappa shape index (κ2) is 6.03. The second-order valence-corrected chi connectivity index (χ2v) is 7.26. The van der Waals surface area contributed by atoms with E-state index in [4.69, 9.17) is 4.74 Å². The lowest BCUT2D eigenvalue weighted by Crippen LogP contribution is -2.42. The normalized spacial score (nSPS) is 17.3. The molecule has 0 bridgehead atoms.